The molecule has 2 rings (SSSR count). The Morgan fingerprint density at radius 2 is 1.83 bits per heavy atom. The summed E-state index contributed by atoms with van der Waals surface area (Å²) < 4.78 is 5.63. The molecule has 0 saturated carbocycles. The van der Waals surface area contributed by atoms with Crippen LogP contribution in [0.1, 0.15) is 29.8 Å². The van der Waals surface area contributed by atoms with E-state index in [4.69, 9.17) is 4.74 Å². The van der Waals surface area contributed by atoms with Crippen LogP contribution in [-0.4, -0.2) is 21.9 Å². The Labute approximate surface area is 106 Å². The summed E-state index contributed by atoms with van der Waals surface area (Å²) in [5.74, 6) is 0.452. The van der Waals surface area contributed by atoms with Gasteiger partial charge < -0.3 is 4.74 Å². The third kappa shape index (κ3) is 2.71. The second-order valence-electron chi connectivity index (χ2n) is 4.12. The first-order chi connectivity index (χ1) is 8.68. The van der Waals surface area contributed by atoms with Gasteiger partial charge in [0.2, 0.25) is 0 Å². The van der Waals surface area contributed by atoms with E-state index < -0.39 is 0 Å². The van der Waals surface area contributed by atoms with Crippen LogP contribution in [0.2, 0.25) is 0 Å². The Balaban J connectivity index is 2.36. The number of para-hydroxylation sites is 1. The fraction of sp³-hybridized carbons (Fsp3) is 0.214. The van der Waals surface area contributed by atoms with Gasteiger partial charge in [0, 0.05) is 12.4 Å². The van der Waals surface area contributed by atoms with E-state index in [1.165, 1.54) is 18.7 Å². The summed E-state index contributed by atoms with van der Waals surface area (Å²) in [6.07, 6.45) is 4.42. The van der Waals surface area contributed by atoms with Crippen molar-refractivity contribution in [2.75, 3.05) is 0 Å². The highest BCUT2D eigenvalue weighted by atomic mass is 16.5. The molecule has 2 aromatic rings. The van der Waals surface area contributed by atoms with E-state index in [1.54, 1.807) is 12.1 Å². The summed E-state index contributed by atoms with van der Waals surface area (Å²) in [7, 11) is 0. The summed E-state index contributed by atoms with van der Waals surface area (Å²) in [5.41, 5.74) is 0.985. The van der Waals surface area contributed by atoms with E-state index in [2.05, 4.69) is 9.97 Å². The topological polar surface area (TPSA) is 52.1 Å². The Morgan fingerprint density at radius 3 is 2.50 bits per heavy atom. The number of ketones is 1. The molecule has 0 spiro atoms. The molecule has 92 valence electrons. The van der Waals surface area contributed by atoms with Crippen LogP contribution in [-0.2, 0) is 0 Å². The predicted molar refractivity (Wildman–Crippen MR) is 67.7 cm³/mol. The normalized spacial score (nSPS) is 10.4. The Hall–Kier alpha value is -2.23. The van der Waals surface area contributed by atoms with Gasteiger partial charge in [0.25, 0.3) is 0 Å². The smallest absolute Gasteiger partial charge is 0.199 e. The van der Waals surface area contributed by atoms with E-state index in [9.17, 15) is 4.79 Å². The standard InChI is InChI=1S/C14H14N2O2/c1-10(2)18-13-6-4-3-5-12(13)14(17)11-7-15-9-16-8-11/h3-10H,1-2H3. The largest absolute Gasteiger partial charge is 0.490 e. The van der Waals surface area contributed by atoms with Crippen molar-refractivity contribution in [2.24, 2.45) is 0 Å². The molecular weight excluding hydrogens is 228 g/mol. The first-order valence-corrected chi connectivity index (χ1v) is 5.74. The molecule has 0 N–H and O–H groups in total. The quantitative estimate of drug-likeness (QED) is 0.773. The molecular formula is C14H14N2O2. The molecule has 0 atom stereocenters. The third-order valence-electron chi connectivity index (χ3n) is 2.32. The van der Waals surface area contributed by atoms with E-state index in [0.29, 0.717) is 16.9 Å². The maximum absolute atomic E-state index is 12.3. The molecule has 0 fully saturated rings. The van der Waals surface area contributed by atoms with Crippen molar-refractivity contribution in [1.29, 1.82) is 0 Å². The van der Waals surface area contributed by atoms with Gasteiger partial charge in [-0.2, -0.15) is 0 Å². The molecule has 0 aliphatic carbocycles. The van der Waals surface area contributed by atoms with Crippen molar-refractivity contribution in [3.8, 4) is 5.75 Å². The molecule has 1 heterocycles. The lowest BCUT2D eigenvalue weighted by Crippen LogP contribution is -2.11. The van der Waals surface area contributed by atoms with Crippen LogP contribution in [0, 0.1) is 0 Å². The lowest BCUT2D eigenvalue weighted by atomic mass is 10.1. The number of carbonyl (C=O) groups excluding carboxylic acids is 1. The Morgan fingerprint density at radius 1 is 1.17 bits per heavy atom. The highest BCUT2D eigenvalue weighted by Gasteiger charge is 2.15. The maximum Gasteiger partial charge on any atom is 0.199 e. The molecule has 0 unspecified atom stereocenters. The molecule has 0 radical (unpaired) electrons. The number of rotatable bonds is 4. The van der Waals surface area contributed by atoms with Crippen LogP contribution in [0.5, 0.6) is 5.75 Å². The average Bonchev–Trinajstić information content (AvgIpc) is 2.39. The zero-order valence-electron chi connectivity index (χ0n) is 10.3. The highest BCUT2D eigenvalue weighted by molar-refractivity contribution is 6.10. The molecule has 18 heavy (non-hydrogen) atoms. The van der Waals surface area contributed by atoms with Crippen LogP contribution < -0.4 is 4.74 Å². The number of ether oxygens (including phenoxy) is 1. The van der Waals surface area contributed by atoms with E-state index in [-0.39, 0.29) is 11.9 Å². The van der Waals surface area contributed by atoms with Crippen LogP contribution in [0.3, 0.4) is 0 Å². The van der Waals surface area contributed by atoms with Gasteiger partial charge in [0.15, 0.2) is 5.78 Å². The van der Waals surface area contributed by atoms with E-state index in [1.807, 2.05) is 26.0 Å². The van der Waals surface area contributed by atoms with Crippen LogP contribution >= 0.6 is 0 Å². The van der Waals surface area contributed by atoms with E-state index >= 15 is 0 Å². The van der Waals surface area contributed by atoms with Crippen molar-refractivity contribution >= 4 is 5.78 Å². The van der Waals surface area contributed by atoms with Crippen molar-refractivity contribution in [1.82, 2.24) is 9.97 Å². The number of hydrogen-bond donors (Lipinski definition) is 0. The monoisotopic (exact) mass is 242 g/mol. The number of hydrogen-bond acceptors (Lipinski definition) is 4. The van der Waals surface area contributed by atoms with Crippen molar-refractivity contribution in [3.63, 3.8) is 0 Å². The number of nitrogens with zero attached hydrogens (tertiary/aromatic N) is 2. The van der Waals surface area contributed by atoms with Crippen molar-refractivity contribution in [3.05, 3.63) is 54.1 Å². The first-order valence-electron chi connectivity index (χ1n) is 5.74. The predicted octanol–water partition coefficient (Wildman–Crippen LogP) is 2.49. The van der Waals surface area contributed by atoms with Crippen LogP contribution in [0.4, 0.5) is 0 Å². The summed E-state index contributed by atoms with van der Waals surface area (Å²) in [4.78, 5) is 20.0. The molecule has 0 aliphatic heterocycles. The zero-order chi connectivity index (χ0) is 13.0. The van der Waals surface area contributed by atoms with Crippen LogP contribution in [0.15, 0.2) is 43.0 Å². The second-order valence-corrected chi connectivity index (χ2v) is 4.12. The zero-order valence-corrected chi connectivity index (χ0v) is 10.3. The van der Waals surface area contributed by atoms with Gasteiger partial charge in [-0.05, 0) is 26.0 Å². The lowest BCUT2D eigenvalue weighted by molar-refractivity contribution is 0.103. The minimum atomic E-state index is -0.133. The molecule has 1 aromatic heterocycles. The molecule has 4 nitrogen and oxygen atoms in total. The molecule has 0 bridgehead atoms. The highest BCUT2D eigenvalue weighted by Crippen LogP contribution is 2.22. The fourth-order valence-corrected chi connectivity index (χ4v) is 1.58. The summed E-state index contributed by atoms with van der Waals surface area (Å²) in [5, 5.41) is 0. The average molecular weight is 242 g/mol. The minimum absolute atomic E-state index is 0.0194. The van der Waals surface area contributed by atoms with Crippen molar-refractivity contribution in [2.45, 2.75) is 20.0 Å². The van der Waals surface area contributed by atoms with Gasteiger partial charge in [0.1, 0.15) is 12.1 Å². The SMILES string of the molecule is CC(C)Oc1ccccc1C(=O)c1cncnc1. The molecule has 0 amide bonds. The molecule has 0 aliphatic rings. The Bertz CT molecular complexity index is 539. The number of benzene rings is 1. The molecule has 0 saturated heterocycles. The van der Waals surface area contributed by atoms with Gasteiger partial charge >= 0.3 is 0 Å². The van der Waals surface area contributed by atoms with E-state index in [0.717, 1.165) is 0 Å². The minimum Gasteiger partial charge on any atom is -0.490 e. The van der Waals surface area contributed by atoms with Gasteiger partial charge in [-0.25, -0.2) is 9.97 Å². The summed E-state index contributed by atoms with van der Waals surface area (Å²) in [6.45, 7) is 3.85. The number of carbonyl (C=O) groups is 1. The molecule has 4 heteroatoms. The number of aromatic nitrogens is 2. The van der Waals surface area contributed by atoms with Gasteiger partial charge in [-0.15, -0.1) is 0 Å². The lowest BCUT2D eigenvalue weighted by Gasteiger charge is -2.13. The van der Waals surface area contributed by atoms with Crippen molar-refractivity contribution < 1.29 is 9.53 Å². The fourth-order valence-electron chi connectivity index (χ4n) is 1.58. The summed E-state index contributed by atoms with van der Waals surface area (Å²) in [6, 6.07) is 7.18. The molecule has 1 aromatic carbocycles. The summed E-state index contributed by atoms with van der Waals surface area (Å²) >= 11 is 0. The third-order valence-corrected chi connectivity index (χ3v) is 2.32. The van der Waals surface area contributed by atoms with Gasteiger partial charge in [0.05, 0.1) is 17.2 Å². The first kappa shape index (κ1) is 12.2. The Kier molecular flexibility index (Phi) is 3.67. The van der Waals surface area contributed by atoms with Gasteiger partial charge in [-0.3, -0.25) is 4.79 Å². The van der Waals surface area contributed by atoms with Crippen LogP contribution in [0.25, 0.3) is 0 Å². The van der Waals surface area contributed by atoms with Gasteiger partial charge in [-0.1, -0.05) is 12.1 Å². The second kappa shape index (κ2) is 5.40. The maximum atomic E-state index is 12.3.